The summed E-state index contributed by atoms with van der Waals surface area (Å²) in [6.07, 6.45) is -5.51. The van der Waals surface area contributed by atoms with E-state index in [4.69, 9.17) is 14.5 Å². The molecule has 0 aromatic carbocycles. The molecule has 0 spiro atoms. The molecule has 1 unspecified atom stereocenters. The monoisotopic (exact) mass is 417 g/mol. The highest BCUT2D eigenvalue weighted by atomic mass is 31.2. The fraction of sp³-hybridized carbons (Fsp3) is 0.500. The van der Waals surface area contributed by atoms with Gasteiger partial charge >= 0.3 is 21.3 Å². The fourth-order valence-corrected chi connectivity index (χ4v) is 3.17. The molecule has 0 saturated carbocycles. The number of nitrogens with one attached hydrogen (secondary N) is 1. The highest BCUT2D eigenvalue weighted by Crippen LogP contribution is 2.48. The van der Waals surface area contributed by atoms with Crippen LogP contribution in [0.2, 0.25) is 0 Å². The first-order valence-corrected chi connectivity index (χ1v) is 9.76. The minimum atomic E-state index is -4.94. The van der Waals surface area contributed by atoms with Crippen LogP contribution in [0.4, 0.5) is 0 Å². The van der Waals surface area contributed by atoms with Crippen LogP contribution in [0, 0.1) is 7.11 Å². The molecule has 5 atom stereocenters. The number of H-pyrrole nitrogens is 1. The van der Waals surface area contributed by atoms with E-state index in [0.717, 1.165) is 16.8 Å². The van der Waals surface area contributed by atoms with Gasteiger partial charge in [-0.1, -0.05) is 4.52 Å². The van der Waals surface area contributed by atoms with Gasteiger partial charge in [-0.2, -0.15) is 0 Å². The van der Waals surface area contributed by atoms with Gasteiger partial charge in [0.2, 0.25) is 7.11 Å². The molecule has 1 saturated heterocycles. The Balaban J connectivity index is 2.32. The molecule has 1 aromatic heterocycles. The van der Waals surface area contributed by atoms with Gasteiger partial charge in [0.15, 0.2) is 6.23 Å². The number of nitrogens with zero attached hydrogens (tertiary/aromatic N) is 1. The molecule has 1 aliphatic heterocycles. The summed E-state index contributed by atoms with van der Waals surface area (Å²) in [4.78, 5) is 51.7. The van der Waals surface area contributed by atoms with E-state index in [2.05, 4.69) is 20.7 Å². The zero-order valence-corrected chi connectivity index (χ0v) is 14.6. The molecular weight excluding hydrogens is 402 g/mol. The van der Waals surface area contributed by atoms with Gasteiger partial charge in [0.25, 0.3) is 5.56 Å². The van der Waals surface area contributed by atoms with E-state index in [1.165, 1.54) is 0 Å². The van der Waals surface area contributed by atoms with Crippen molar-refractivity contribution < 1.29 is 47.2 Å². The van der Waals surface area contributed by atoms with Gasteiger partial charge in [-0.05, 0) is 0 Å². The molecule has 14 nitrogen and oxygen atoms in total. The maximum absolute atomic E-state index is 11.8. The summed E-state index contributed by atoms with van der Waals surface area (Å²) in [5.41, 5.74) is -1.70. The second-order valence-electron chi connectivity index (χ2n) is 5.03. The molecule has 0 bridgehead atoms. The summed E-state index contributed by atoms with van der Waals surface area (Å²) < 4.78 is 41.3. The summed E-state index contributed by atoms with van der Waals surface area (Å²) in [6.45, 7) is -0.863. The smallest absolute Gasteiger partial charge is 0.386 e. The average Bonchev–Trinajstić information content (AvgIpc) is 2.81. The molecule has 16 heteroatoms. The van der Waals surface area contributed by atoms with Crippen LogP contribution in [-0.4, -0.2) is 54.3 Å². The minimum absolute atomic E-state index is 0.724. The molecule has 2 heterocycles. The molecular formula is C10H15N2O12P2+. The number of hydrogen-bond acceptors (Lipinski definition) is 9. The highest BCUT2D eigenvalue weighted by molar-refractivity contribution is 7.47. The maximum Gasteiger partial charge on any atom is 0.512 e. The Bertz CT molecular complexity index is 845. The van der Waals surface area contributed by atoms with Crippen molar-refractivity contribution >= 4 is 15.6 Å². The Morgan fingerprint density at radius 3 is 2.50 bits per heavy atom. The van der Waals surface area contributed by atoms with E-state index in [1.54, 1.807) is 0 Å². The molecule has 0 aliphatic carbocycles. The summed E-state index contributed by atoms with van der Waals surface area (Å²) in [7, 11) is -6.96. The number of aromatic amines is 1. The van der Waals surface area contributed by atoms with Crippen LogP contribution in [0.15, 0.2) is 21.9 Å². The SMILES string of the molecule is [CH2+]OP(=O)(O)O[C@H]1[C@@H](O)[C@H](n2ccc(=O)[nH]c2=O)O[C@@H]1COP(=O)(O)O. The molecule has 2 rings (SSSR count). The van der Waals surface area contributed by atoms with Crippen molar-refractivity contribution in [3.05, 3.63) is 40.2 Å². The topological polar surface area (TPSA) is 207 Å². The third-order valence-corrected chi connectivity index (χ3v) is 4.58. The fourth-order valence-electron chi connectivity index (χ4n) is 2.20. The minimum Gasteiger partial charge on any atom is -0.386 e. The van der Waals surface area contributed by atoms with Gasteiger partial charge in [0.05, 0.1) is 6.61 Å². The second-order valence-corrected chi connectivity index (χ2v) is 7.67. The third-order valence-electron chi connectivity index (χ3n) is 3.26. The van der Waals surface area contributed by atoms with Crippen LogP contribution in [0.25, 0.3) is 0 Å². The predicted octanol–water partition coefficient (Wildman–Crippen LogP) is -1.80. The first-order chi connectivity index (χ1) is 11.9. The molecule has 0 radical (unpaired) electrons. The number of phosphoric acid groups is 2. The second kappa shape index (κ2) is 7.74. The zero-order valence-electron chi connectivity index (χ0n) is 12.8. The average molecular weight is 417 g/mol. The Morgan fingerprint density at radius 1 is 1.31 bits per heavy atom. The van der Waals surface area contributed by atoms with Crippen LogP contribution >= 0.6 is 15.6 Å². The van der Waals surface area contributed by atoms with Crippen LogP contribution < -0.4 is 11.2 Å². The molecule has 1 aliphatic rings. The van der Waals surface area contributed by atoms with Gasteiger partial charge in [0.1, 0.15) is 18.3 Å². The van der Waals surface area contributed by atoms with Gasteiger partial charge in [-0.25, -0.2) is 13.9 Å². The largest absolute Gasteiger partial charge is 0.512 e. The van der Waals surface area contributed by atoms with E-state index in [-0.39, 0.29) is 0 Å². The number of phosphoric ester groups is 2. The Kier molecular flexibility index (Phi) is 6.25. The summed E-state index contributed by atoms with van der Waals surface area (Å²) >= 11 is 0. The molecule has 1 aromatic rings. The lowest BCUT2D eigenvalue weighted by molar-refractivity contribution is -0.0542. The van der Waals surface area contributed by atoms with E-state index in [9.17, 15) is 28.7 Å². The predicted molar refractivity (Wildman–Crippen MR) is 80.4 cm³/mol. The van der Waals surface area contributed by atoms with Crippen LogP contribution in [0.3, 0.4) is 0 Å². The van der Waals surface area contributed by atoms with E-state index in [0.29, 0.717) is 0 Å². The van der Waals surface area contributed by atoms with Crippen molar-refractivity contribution in [3.63, 3.8) is 0 Å². The van der Waals surface area contributed by atoms with Gasteiger partial charge < -0.3 is 24.5 Å². The van der Waals surface area contributed by atoms with Crippen molar-refractivity contribution in [2.45, 2.75) is 24.5 Å². The number of ether oxygens (including phenoxy) is 1. The first-order valence-electron chi connectivity index (χ1n) is 6.73. The lowest BCUT2D eigenvalue weighted by Gasteiger charge is -2.21. The lowest BCUT2D eigenvalue weighted by Crippen LogP contribution is -2.38. The summed E-state index contributed by atoms with van der Waals surface area (Å²) in [5.74, 6) is 0. The van der Waals surface area contributed by atoms with Crippen molar-refractivity contribution in [1.82, 2.24) is 9.55 Å². The van der Waals surface area contributed by atoms with E-state index < -0.39 is 58.0 Å². The van der Waals surface area contributed by atoms with Gasteiger partial charge in [-0.3, -0.25) is 23.4 Å². The van der Waals surface area contributed by atoms with Crippen molar-refractivity contribution in [1.29, 1.82) is 0 Å². The van der Waals surface area contributed by atoms with Crippen molar-refractivity contribution in [2.75, 3.05) is 6.61 Å². The van der Waals surface area contributed by atoms with Gasteiger partial charge in [0, 0.05) is 12.3 Å². The Morgan fingerprint density at radius 2 is 1.96 bits per heavy atom. The number of aromatic nitrogens is 2. The lowest BCUT2D eigenvalue weighted by atomic mass is 10.1. The molecule has 0 amide bonds. The zero-order chi connectivity index (χ0) is 19.7. The number of aliphatic hydroxyl groups excluding tert-OH is 1. The molecule has 1 fully saturated rings. The first kappa shape index (κ1) is 21.0. The Labute approximate surface area is 144 Å². The van der Waals surface area contributed by atoms with Gasteiger partial charge in [-0.15, -0.1) is 0 Å². The van der Waals surface area contributed by atoms with Crippen LogP contribution in [0.1, 0.15) is 6.23 Å². The standard InChI is InChI=1S/C10H14N2O12P2/c1-21-26(19,20)24-8-5(4-22-25(16,17)18)23-9(7(8)14)12-3-2-6(13)11-10(12)15/h2-3,5,7-9,14H,1,4H2,(H3-,11,13,15,16,17,18,19,20)/p+1/t5-,7-,8-,9-/m1/s1. The van der Waals surface area contributed by atoms with E-state index in [1.807, 2.05) is 4.98 Å². The van der Waals surface area contributed by atoms with Crippen LogP contribution in [-0.2, 0) is 27.4 Å². The third kappa shape index (κ3) is 5.11. The number of rotatable bonds is 7. The maximum atomic E-state index is 11.8. The van der Waals surface area contributed by atoms with Crippen molar-refractivity contribution in [3.8, 4) is 0 Å². The molecule has 26 heavy (non-hydrogen) atoms. The molecule has 146 valence electrons. The number of hydrogen-bond donors (Lipinski definition) is 5. The van der Waals surface area contributed by atoms with Crippen molar-refractivity contribution in [2.24, 2.45) is 0 Å². The van der Waals surface area contributed by atoms with E-state index >= 15 is 0 Å². The van der Waals surface area contributed by atoms with Crippen LogP contribution in [0.5, 0.6) is 0 Å². The summed E-state index contributed by atoms with van der Waals surface area (Å²) in [6, 6.07) is 0.947. The normalized spacial score (nSPS) is 28.8. The Hall–Kier alpha value is -1.31. The summed E-state index contributed by atoms with van der Waals surface area (Å²) in [5, 5.41) is 10.3. The molecule has 5 N–H and O–H groups in total. The highest BCUT2D eigenvalue weighted by Gasteiger charge is 2.50. The number of aliphatic hydroxyl groups is 1. The quantitative estimate of drug-likeness (QED) is 0.246.